The third-order valence-electron chi connectivity index (χ3n) is 1.76. The normalized spacial score (nSPS) is 10.7. The number of aryl methyl sites for hydroxylation is 1. The van der Waals surface area contributed by atoms with E-state index in [4.69, 9.17) is 0 Å². The summed E-state index contributed by atoms with van der Waals surface area (Å²) in [5.41, 5.74) is 2.91. The van der Waals surface area contributed by atoms with Crippen molar-refractivity contribution in [3.05, 3.63) is 23.0 Å². The molecule has 0 radical (unpaired) electrons. The summed E-state index contributed by atoms with van der Waals surface area (Å²) in [6, 6.07) is 1.89. The van der Waals surface area contributed by atoms with E-state index in [9.17, 15) is 4.79 Å². The van der Waals surface area contributed by atoms with Gasteiger partial charge in [0.05, 0.1) is 5.69 Å². The minimum Gasteiger partial charge on any atom is -0.356 e. The number of aromatic nitrogens is 1. The van der Waals surface area contributed by atoms with Gasteiger partial charge in [0.25, 0.3) is 0 Å². The van der Waals surface area contributed by atoms with Crippen LogP contribution in [-0.2, 0) is 6.54 Å². The van der Waals surface area contributed by atoms with E-state index in [0.29, 0.717) is 5.69 Å². The van der Waals surface area contributed by atoms with E-state index in [1.54, 1.807) is 0 Å². The van der Waals surface area contributed by atoms with Crippen LogP contribution < -0.4 is 0 Å². The summed E-state index contributed by atoms with van der Waals surface area (Å²) in [6.07, 6.45) is 0.839. The lowest BCUT2D eigenvalue weighted by atomic mass is 10.2. The Balaban J connectivity index is 2.84. The quantitative estimate of drug-likeness (QED) is 0.685. The fourth-order valence-electron chi connectivity index (χ4n) is 1.20. The van der Waals surface area contributed by atoms with Crippen LogP contribution in [0.3, 0.4) is 0 Å². The topological polar surface area (TPSA) is 36.1 Å². The van der Waals surface area contributed by atoms with Crippen LogP contribution in [0.15, 0.2) is 6.07 Å². The van der Waals surface area contributed by atoms with Crippen molar-refractivity contribution >= 4 is 6.29 Å². The third-order valence-corrected chi connectivity index (χ3v) is 1.76. The van der Waals surface area contributed by atoms with E-state index in [1.807, 2.05) is 27.1 Å². The zero-order chi connectivity index (χ0) is 9.14. The molecule has 0 aliphatic rings. The number of aldehydes is 1. The van der Waals surface area contributed by atoms with E-state index >= 15 is 0 Å². The standard InChI is InChI=1S/C9H14N2O/c1-7-8(5-11(2)3)4-9(6-12)10-7/h4,6,10H,5H2,1-3H3. The zero-order valence-corrected chi connectivity index (χ0v) is 7.72. The molecule has 0 fully saturated rings. The molecule has 0 bridgehead atoms. The first-order valence-corrected chi connectivity index (χ1v) is 3.92. The fourth-order valence-corrected chi connectivity index (χ4v) is 1.20. The fraction of sp³-hybridized carbons (Fsp3) is 0.444. The second-order valence-corrected chi connectivity index (χ2v) is 3.23. The predicted molar refractivity (Wildman–Crippen MR) is 48.3 cm³/mol. The van der Waals surface area contributed by atoms with Crippen LogP contribution in [0.2, 0.25) is 0 Å². The molecule has 0 atom stereocenters. The zero-order valence-electron chi connectivity index (χ0n) is 7.72. The Kier molecular flexibility index (Phi) is 2.65. The van der Waals surface area contributed by atoms with Gasteiger partial charge >= 0.3 is 0 Å². The Morgan fingerprint density at radius 1 is 1.58 bits per heavy atom. The van der Waals surface area contributed by atoms with Gasteiger partial charge in [-0.3, -0.25) is 4.79 Å². The molecule has 0 spiro atoms. The van der Waals surface area contributed by atoms with Crippen LogP contribution in [0.25, 0.3) is 0 Å². The van der Waals surface area contributed by atoms with Gasteiger partial charge in [0.15, 0.2) is 6.29 Å². The van der Waals surface area contributed by atoms with E-state index in [0.717, 1.165) is 18.5 Å². The molecular weight excluding hydrogens is 152 g/mol. The first kappa shape index (κ1) is 9.00. The summed E-state index contributed by atoms with van der Waals surface area (Å²) >= 11 is 0. The van der Waals surface area contributed by atoms with Crippen LogP contribution in [0.5, 0.6) is 0 Å². The van der Waals surface area contributed by atoms with Crippen molar-refractivity contribution in [2.45, 2.75) is 13.5 Å². The number of hydrogen-bond acceptors (Lipinski definition) is 2. The van der Waals surface area contributed by atoms with Gasteiger partial charge in [-0.1, -0.05) is 0 Å². The van der Waals surface area contributed by atoms with Crippen LogP contribution in [0, 0.1) is 6.92 Å². The molecule has 12 heavy (non-hydrogen) atoms. The molecule has 0 aliphatic heterocycles. The Morgan fingerprint density at radius 3 is 2.67 bits per heavy atom. The molecule has 0 amide bonds. The highest BCUT2D eigenvalue weighted by Crippen LogP contribution is 2.09. The van der Waals surface area contributed by atoms with Crippen molar-refractivity contribution in [3.8, 4) is 0 Å². The predicted octanol–water partition coefficient (Wildman–Crippen LogP) is 1.20. The third kappa shape index (κ3) is 1.95. The van der Waals surface area contributed by atoms with Crippen molar-refractivity contribution in [2.75, 3.05) is 14.1 Å². The monoisotopic (exact) mass is 166 g/mol. The van der Waals surface area contributed by atoms with Gasteiger partial charge in [-0.2, -0.15) is 0 Å². The smallest absolute Gasteiger partial charge is 0.166 e. The van der Waals surface area contributed by atoms with E-state index in [1.165, 1.54) is 5.56 Å². The summed E-state index contributed by atoms with van der Waals surface area (Å²) in [5.74, 6) is 0. The molecule has 66 valence electrons. The molecular formula is C9H14N2O. The summed E-state index contributed by atoms with van der Waals surface area (Å²) in [4.78, 5) is 15.5. The molecule has 0 saturated heterocycles. The molecule has 0 aromatic carbocycles. The highest BCUT2D eigenvalue weighted by Gasteiger charge is 2.03. The van der Waals surface area contributed by atoms with E-state index in [-0.39, 0.29) is 0 Å². The molecule has 1 aromatic heterocycles. The summed E-state index contributed by atoms with van der Waals surface area (Å²) in [5, 5.41) is 0. The average molecular weight is 166 g/mol. The molecule has 1 aromatic rings. The average Bonchev–Trinajstić information content (AvgIpc) is 2.31. The molecule has 0 aliphatic carbocycles. The van der Waals surface area contributed by atoms with Gasteiger partial charge in [0.1, 0.15) is 0 Å². The van der Waals surface area contributed by atoms with Gasteiger partial charge in [-0.05, 0) is 32.6 Å². The molecule has 1 rings (SSSR count). The van der Waals surface area contributed by atoms with Crippen molar-refractivity contribution in [1.29, 1.82) is 0 Å². The van der Waals surface area contributed by atoms with Crippen molar-refractivity contribution in [3.63, 3.8) is 0 Å². The number of hydrogen-bond donors (Lipinski definition) is 1. The Hall–Kier alpha value is -1.09. The SMILES string of the molecule is Cc1[nH]c(C=O)cc1CN(C)C. The van der Waals surface area contributed by atoms with Gasteiger partial charge < -0.3 is 9.88 Å². The lowest BCUT2D eigenvalue weighted by Gasteiger charge is -2.07. The number of aromatic amines is 1. The second-order valence-electron chi connectivity index (χ2n) is 3.23. The molecule has 0 unspecified atom stereocenters. The molecule has 3 nitrogen and oxygen atoms in total. The number of rotatable bonds is 3. The second kappa shape index (κ2) is 3.54. The van der Waals surface area contributed by atoms with E-state index in [2.05, 4.69) is 9.88 Å². The van der Waals surface area contributed by atoms with Gasteiger partial charge in [0, 0.05) is 12.2 Å². The lowest BCUT2D eigenvalue weighted by molar-refractivity contribution is 0.111. The largest absolute Gasteiger partial charge is 0.356 e. The molecule has 1 N–H and O–H groups in total. The number of nitrogens with zero attached hydrogens (tertiary/aromatic N) is 1. The number of carbonyl (C=O) groups excluding carboxylic acids is 1. The van der Waals surface area contributed by atoms with Crippen LogP contribution in [-0.4, -0.2) is 30.3 Å². The van der Waals surface area contributed by atoms with Crippen LogP contribution in [0.4, 0.5) is 0 Å². The van der Waals surface area contributed by atoms with Crippen molar-refractivity contribution in [2.24, 2.45) is 0 Å². The maximum atomic E-state index is 10.4. The minimum atomic E-state index is 0.657. The van der Waals surface area contributed by atoms with E-state index < -0.39 is 0 Å². The summed E-state index contributed by atoms with van der Waals surface area (Å²) in [7, 11) is 4.01. The Labute approximate surface area is 72.4 Å². The van der Waals surface area contributed by atoms with Crippen LogP contribution >= 0.6 is 0 Å². The number of carbonyl (C=O) groups is 1. The Bertz CT molecular complexity index is 276. The molecule has 3 heteroatoms. The number of nitrogens with one attached hydrogen (secondary N) is 1. The van der Waals surface area contributed by atoms with Crippen molar-refractivity contribution in [1.82, 2.24) is 9.88 Å². The lowest BCUT2D eigenvalue weighted by Crippen LogP contribution is -2.10. The first-order valence-electron chi connectivity index (χ1n) is 3.92. The first-order chi connectivity index (χ1) is 5.63. The van der Waals surface area contributed by atoms with Gasteiger partial charge in [0.2, 0.25) is 0 Å². The Morgan fingerprint density at radius 2 is 2.25 bits per heavy atom. The summed E-state index contributed by atoms with van der Waals surface area (Å²) < 4.78 is 0. The minimum absolute atomic E-state index is 0.657. The summed E-state index contributed by atoms with van der Waals surface area (Å²) in [6.45, 7) is 2.85. The highest BCUT2D eigenvalue weighted by molar-refractivity contribution is 5.72. The maximum absolute atomic E-state index is 10.4. The number of H-pyrrole nitrogens is 1. The van der Waals surface area contributed by atoms with Crippen molar-refractivity contribution < 1.29 is 4.79 Å². The van der Waals surface area contributed by atoms with Gasteiger partial charge in [-0.25, -0.2) is 0 Å². The maximum Gasteiger partial charge on any atom is 0.166 e. The van der Waals surface area contributed by atoms with Gasteiger partial charge in [-0.15, -0.1) is 0 Å². The highest BCUT2D eigenvalue weighted by atomic mass is 16.1. The van der Waals surface area contributed by atoms with Crippen LogP contribution in [0.1, 0.15) is 21.7 Å². The molecule has 0 saturated carbocycles. The molecule has 1 heterocycles.